The molecule has 154 valence electrons. The van der Waals surface area contributed by atoms with Crippen LogP contribution in [0.1, 0.15) is 63.2 Å². The van der Waals surface area contributed by atoms with Crippen molar-refractivity contribution in [3.63, 3.8) is 0 Å². The van der Waals surface area contributed by atoms with E-state index in [0.29, 0.717) is 36.4 Å². The van der Waals surface area contributed by atoms with E-state index in [4.69, 9.17) is 0 Å². The summed E-state index contributed by atoms with van der Waals surface area (Å²) in [5.41, 5.74) is 4.15. The van der Waals surface area contributed by atoms with Crippen molar-refractivity contribution in [1.29, 1.82) is 0 Å². The van der Waals surface area contributed by atoms with Crippen LogP contribution in [0.5, 0.6) is 0 Å². The second-order valence-electron chi connectivity index (χ2n) is 8.42. The van der Waals surface area contributed by atoms with Gasteiger partial charge in [-0.2, -0.15) is 9.41 Å². The number of rotatable bonds is 5. The van der Waals surface area contributed by atoms with Crippen LogP contribution < -0.4 is 5.43 Å². The minimum atomic E-state index is -3.46. The van der Waals surface area contributed by atoms with E-state index in [1.54, 1.807) is 12.1 Å². The van der Waals surface area contributed by atoms with Gasteiger partial charge in [-0.3, -0.25) is 4.79 Å². The van der Waals surface area contributed by atoms with E-state index in [0.717, 1.165) is 31.4 Å². The molecule has 1 heterocycles. The van der Waals surface area contributed by atoms with Crippen molar-refractivity contribution in [3.8, 4) is 0 Å². The van der Waals surface area contributed by atoms with Crippen molar-refractivity contribution in [2.24, 2.45) is 22.9 Å². The summed E-state index contributed by atoms with van der Waals surface area (Å²) in [6.45, 7) is 7.73. The van der Waals surface area contributed by atoms with Crippen LogP contribution in [0.4, 0.5) is 0 Å². The molecule has 1 aromatic carbocycles. The molecule has 1 saturated heterocycles. The topological polar surface area (TPSA) is 78.8 Å². The van der Waals surface area contributed by atoms with Gasteiger partial charge in [0.2, 0.25) is 10.0 Å². The van der Waals surface area contributed by atoms with Crippen molar-refractivity contribution >= 4 is 21.6 Å². The first-order chi connectivity index (χ1) is 13.3. The maximum atomic E-state index is 12.6. The molecule has 1 saturated carbocycles. The third kappa shape index (κ3) is 4.63. The van der Waals surface area contributed by atoms with Crippen LogP contribution in [0.15, 0.2) is 34.3 Å². The number of nitrogens with zero attached hydrogens (tertiary/aromatic N) is 2. The zero-order valence-electron chi connectivity index (χ0n) is 17.0. The third-order valence-corrected chi connectivity index (χ3v) is 7.79. The van der Waals surface area contributed by atoms with E-state index < -0.39 is 10.0 Å². The summed E-state index contributed by atoms with van der Waals surface area (Å²) in [7, 11) is -3.46. The van der Waals surface area contributed by atoms with Crippen molar-refractivity contribution in [3.05, 3.63) is 29.8 Å². The summed E-state index contributed by atoms with van der Waals surface area (Å²) >= 11 is 0. The average molecular weight is 406 g/mol. The van der Waals surface area contributed by atoms with Gasteiger partial charge in [-0.15, -0.1) is 0 Å². The lowest BCUT2D eigenvalue weighted by atomic mass is 9.76. The largest absolute Gasteiger partial charge is 0.271 e. The highest BCUT2D eigenvalue weighted by Crippen LogP contribution is 2.31. The van der Waals surface area contributed by atoms with E-state index >= 15 is 0 Å². The molecule has 7 heteroatoms. The summed E-state index contributed by atoms with van der Waals surface area (Å²) < 4.78 is 26.7. The molecule has 1 aliphatic carbocycles. The van der Waals surface area contributed by atoms with Crippen molar-refractivity contribution < 1.29 is 13.2 Å². The van der Waals surface area contributed by atoms with E-state index in [1.165, 1.54) is 22.9 Å². The second-order valence-corrected chi connectivity index (χ2v) is 10.4. The van der Waals surface area contributed by atoms with Crippen LogP contribution in [0, 0.1) is 17.8 Å². The van der Waals surface area contributed by atoms with Gasteiger partial charge in [0.25, 0.3) is 5.91 Å². The Morgan fingerprint density at radius 3 is 2.39 bits per heavy atom. The molecule has 1 N–H and O–H groups in total. The highest BCUT2D eigenvalue weighted by molar-refractivity contribution is 7.89. The number of hydrazone groups is 1. The van der Waals surface area contributed by atoms with Gasteiger partial charge in [-0.1, -0.05) is 20.8 Å². The fourth-order valence-electron chi connectivity index (χ4n) is 4.13. The molecule has 1 amide bonds. The van der Waals surface area contributed by atoms with Gasteiger partial charge >= 0.3 is 0 Å². The van der Waals surface area contributed by atoms with Crippen LogP contribution in [0.2, 0.25) is 0 Å². The molecule has 28 heavy (non-hydrogen) atoms. The molecular weight excluding hydrogens is 374 g/mol. The van der Waals surface area contributed by atoms with Crippen molar-refractivity contribution in [2.45, 2.75) is 57.8 Å². The molecule has 2 fully saturated rings. The number of hydrogen-bond donors (Lipinski definition) is 1. The molecule has 0 unspecified atom stereocenters. The first-order valence-electron chi connectivity index (χ1n) is 10.3. The fourth-order valence-corrected chi connectivity index (χ4v) is 5.65. The van der Waals surface area contributed by atoms with E-state index in [9.17, 15) is 13.2 Å². The quantitative estimate of drug-likeness (QED) is 0.760. The zero-order valence-corrected chi connectivity index (χ0v) is 17.8. The Labute approximate surface area is 168 Å². The maximum absolute atomic E-state index is 12.6. The van der Waals surface area contributed by atoms with E-state index in [1.807, 2.05) is 0 Å². The maximum Gasteiger partial charge on any atom is 0.271 e. The molecule has 1 aliphatic heterocycles. The molecule has 1 aromatic rings. The van der Waals surface area contributed by atoms with Crippen LogP contribution in [0.25, 0.3) is 0 Å². The minimum absolute atomic E-state index is 0.234. The van der Waals surface area contributed by atoms with Crippen LogP contribution in [-0.4, -0.2) is 37.4 Å². The normalized spacial score (nSPS) is 25.4. The smallest absolute Gasteiger partial charge is 0.267 e. The third-order valence-electron chi connectivity index (χ3n) is 5.88. The summed E-state index contributed by atoms with van der Waals surface area (Å²) in [4.78, 5) is 12.7. The fraction of sp³-hybridized carbons (Fsp3) is 0.619. The Hall–Kier alpha value is -1.73. The first-order valence-corrected chi connectivity index (χ1v) is 11.7. The lowest BCUT2D eigenvalue weighted by Gasteiger charge is -2.30. The second kappa shape index (κ2) is 8.74. The van der Waals surface area contributed by atoms with Crippen molar-refractivity contribution in [2.75, 3.05) is 13.1 Å². The number of sulfonamides is 1. The number of nitrogens with one attached hydrogen (secondary N) is 1. The summed E-state index contributed by atoms with van der Waals surface area (Å²) in [6.07, 6.45) is 5.02. The number of hydrogen-bond acceptors (Lipinski definition) is 4. The highest BCUT2D eigenvalue weighted by Gasteiger charge is 2.28. The SMILES string of the molecule is CC(C)[C@H]1CC[C@H](C)CC1=NNC(=O)c1ccc(S(=O)(=O)N2CCCC2)cc1. The van der Waals surface area contributed by atoms with Gasteiger partial charge in [0.1, 0.15) is 0 Å². The Kier molecular flexibility index (Phi) is 6.55. The van der Waals surface area contributed by atoms with Crippen molar-refractivity contribution in [1.82, 2.24) is 9.73 Å². The molecule has 0 aromatic heterocycles. The van der Waals surface area contributed by atoms with Gasteiger partial charge in [0.05, 0.1) is 4.90 Å². The van der Waals surface area contributed by atoms with Gasteiger partial charge < -0.3 is 0 Å². The molecule has 6 nitrogen and oxygen atoms in total. The lowest BCUT2D eigenvalue weighted by Crippen LogP contribution is -2.31. The Balaban J connectivity index is 1.69. The predicted octanol–water partition coefficient (Wildman–Crippen LogP) is 3.65. The highest BCUT2D eigenvalue weighted by atomic mass is 32.2. The molecule has 3 rings (SSSR count). The average Bonchev–Trinajstić information content (AvgIpc) is 3.21. The van der Waals surface area contributed by atoms with Crippen LogP contribution in [0.3, 0.4) is 0 Å². The van der Waals surface area contributed by atoms with Gasteiger partial charge in [0.15, 0.2) is 0 Å². The standard InChI is InChI=1S/C21H31N3O3S/c1-15(2)19-11-6-16(3)14-20(19)22-23-21(25)17-7-9-18(10-8-17)28(26,27)24-12-4-5-13-24/h7-10,15-16,19H,4-6,11-14H2,1-3H3,(H,23,25)/t16-,19+/m0/s1. The van der Waals surface area contributed by atoms with Gasteiger partial charge in [-0.25, -0.2) is 13.8 Å². The first kappa shape index (κ1) is 21.0. The molecular formula is C21H31N3O3S. The summed E-state index contributed by atoms with van der Waals surface area (Å²) in [5, 5.41) is 4.44. The van der Waals surface area contributed by atoms with Gasteiger partial charge in [-0.05, 0) is 68.2 Å². The number of benzene rings is 1. The number of amides is 1. The molecule has 0 bridgehead atoms. The molecule has 2 atom stereocenters. The summed E-state index contributed by atoms with van der Waals surface area (Å²) in [6, 6.07) is 6.13. The Morgan fingerprint density at radius 2 is 1.79 bits per heavy atom. The minimum Gasteiger partial charge on any atom is -0.267 e. The number of carbonyl (C=O) groups is 1. The Morgan fingerprint density at radius 1 is 1.14 bits per heavy atom. The van der Waals surface area contributed by atoms with Crippen LogP contribution in [-0.2, 0) is 10.0 Å². The van der Waals surface area contributed by atoms with E-state index in [2.05, 4.69) is 31.3 Å². The zero-order chi connectivity index (χ0) is 20.3. The lowest BCUT2D eigenvalue weighted by molar-refractivity contribution is 0.0954. The Bertz CT molecular complexity index is 825. The van der Waals surface area contributed by atoms with Crippen LogP contribution >= 0.6 is 0 Å². The van der Waals surface area contributed by atoms with Gasteiger partial charge in [0, 0.05) is 30.3 Å². The summed E-state index contributed by atoms with van der Waals surface area (Å²) in [5.74, 6) is 1.18. The molecule has 2 aliphatic rings. The molecule has 0 radical (unpaired) electrons. The van der Waals surface area contributed by atoms with E-state index in [-0.39, 0.29) is 10.8 Å². The molecule has 0 spiro atoms. The predicted molar refractivity (Wildman–Crippen MR) is 111 cm³/mol. The monoisotopic (exact) mass is 405 g/mol. The number of carbonyl (C=O) groups excluding carboxylic acids is 1.